The molecule has 0 bridgehead atoms. The van der Waals surface area contributed by atoms with Crippen molar-refractivity contribution in [3.05, 3.63) is 200 Å². The van der Waals surface area contributed by atoms with Gasteiger partial charge < -0.3 is 4.57 Å². The molecular formula is C52H33N7. The van der Waals surface area contributed by atoms with Crippen molar-refractivity contribution in [2.75, 3.05) is 0 Å². The van der Waals surface area contributed by atoms with E-state index in [4.69, 9.17) is 19.9 Å². The second kappa shape index (κ2) is 13.2. The van der Waals surface area contributed by atoms with Crippen LogP contribution in [0.1, 0.15) is 0 Å². The van der Waals surface area contributed by atoms with Crippen LogP contribution < -0.4 is 0 Å². The molecule has 0 aliphatic rings. The largest absolute Gasteiger partial charge is 0.309 e. The summed E-state index contributed by atoms with van der Waals surface area (Å²) < 4.78 is 6.89. The molecule has 0 spiro atoms. The minimum absolute atomic E-state index is 0.621. The number of para-hydroxylation sites is 5. The van der Waals surface area contributed by atoms with Gasteiger partial charge in [-0.15, -0.1) is 0 Å². The average molecular weight is 756 g/mol. The Bertz CT molecular complexity index is 3490. The van der Waals surface area contributed by atoms with Crippen LogP contribution in [0.2, 0.25) is 0 Å². The Hall–Kier alpha value is -8.16. The fourth-order valence-corrected chi connectivity index (χ4v) is 8.63. The predicted molar refractivity (Wildman–Crippen MR) is 239 cm³/mol. The molecular weight excluding hydrogens is 723 g/mol. The number of hydrogen-bond donors (Lipinski definition) is 0. The molecule has 0 radical (unpaired) electrons. The van der Waals surface area contributed by atoms with Gasteiger partial charge in [0.15, 0.2) is 17.5 Å². The van der Waals surface area contributed by atoms with Gasteiger partial charge in [-0.1, -0.05) is 140 Å². The summed E-state index contributed by atoms with van der Waals surface area (Å²) in [6, 6.07) is 69.7. The molecule has 0 saturated carbocycles. The maximum Gasteiger partial charge on any atom is 0.220 e. The first kappa shape index (κ1) is 33.0. The molecule has 4 aromatic heterocycles. The highest BCUT2D eigenvalue weighted by Gasteiger charge is 2.21. The van der Waals surface area contributed by atoms with Crippen LogP contribution in [0.15, 0.2) is 200 Å². The topological polar surface area (TPSA) is 65.8 Å². The molecule has 0 atom stereocenters. The molecule has 12 aromatic rings. The quantitative estimate of drug-likeness (QED) is 0.169. The summed E-state index contributed by atoms with van der Waals surface area (Å²) >= 11 is 0. The van der Waals surface area contributed by atoms with E-state index in [1.165, 1.54) is 10.8 Å². The van der Waals surface area contributed by atoms with Crippen LogP contribution >= 0.6 is 0 Å². The van der Waals surface area contributed by atoms with Gasteiger partial charge in [0.05, 0.1) is 33.1 Å². The Balaban J connectivity index is 1.02. The van der Waals surface area contributed by atoms with Crippen LogP contribution in [-0.2, 0) is 0 Å². The second-order valence-corrected chi connectivity index (χ2v) is 14.8. The highest BCUT2D eigenvalue weighted by atomic mass is 15.2. The number of hydrogen-bond acceptors (Lipinski definition) is 4. The highest BCUT2D eigenvalue weighted by molar-refractivity contribution is 6.11. The maximum absolute atomic E-state index is 5.39. The van der Waals surface area contributed by atoms with Crippen LogP contribution in [-0.4, -0.2) is 33.5 Å². The van der Waals surface area contributed by atoms with Gasteiger partial charge in [0.25, 0.3) is 0 Å². The number of fused-ring (bicyclic) bond motifs is 8. The number of aromatic nitrogens is 7. The molecule has 7 heteroatoms. The molecule has 0 aliphatic carbocycles. The van der Waals surface area contributed by atoms with E-state index in [2.05, 4.69) is 153 Å². The molecule has 59 heavy (non-hydrogen) atoms. The molecule has 0 aliphatic heterocycles. The van der Waals surface area contributed by atoms with Gasteiger partial charge in [0.1, 0.15) is 0 Å². The van der Waals surface area contributed by atoms with Crippen LogP contribution in [0.25, 0.3) is 106 Å². The lowest BCUT2D eigenvalue weighted by molar-refractivity contribution is 1.07. The van der Waals surface area contributed by atoms with Crippen LogP contribution in [0.4, 0.5) is 0 Å². The van der Waals surface area contributed by atoms with Crippen molar-refractivity contribution < 1.29 is 0 Å². The van der Waals surface area contributed by atoms with Crippen molar-refractivity contribution in [3.8, 4) is 56.7 Å². The molecule has 0 saturated heterocycles. The number of imidazole rings is 2. The van der Waals surface area contributed by atoms with Crippen LogP contribution in [0, 0.1) is 0 Å². The first-order valence-electron chi connectivity index (χ1n) is 19.7. The molecule has 276 valence electrons. The molecule has 0 amide bonds. The van der Waals surface area contributed by atoms with E-state index in [-0.39, 0.29) is 0 Å². The summed E-state index contributed by atoms with van der Waals surface area (Å²) in [4.78, 5) is 20.4. The Kier molecular flexibility index (Phi) is 7.40. The molecule has 12 rings (SSSR count). The van der Waals surface area contributed by atoms with Gasteiger partial charge in [0.2, 0.25) is 5.78 Å². The van der Waals surface area contributed by atoms with E-state index in [0.29, 0.717) is 17.5 Å². The van der Waals surface area contributed by atoms with E-state index in [0.717, 1.165) is 78.1 Å². The molecule has 4 heterocycles. The number of rotatable bonds is 6. The third kappa shape index (κ3) is 5.29. The summed E-state index contributed by atoms with van der Waals surface area (Å²) in [5.74, 6) is 2.79. The summed E-state index contributed by atoms with van der Waals surface area (Å²) in [6.07, 6.45) is 0. The van der Waals surface area contributed by atoms with E-state index >= 15 is 0 Å². The Labute approximate surface area is 338 Å². The fourth-order valence-electron chi connectivity index (χ4n) is 8.63. The summed E-state index contributed by atoms with van der Waals surface area (Å²) in [6.45, 7) is 0. The standard InChI is InChI=1S/C52H33N7/c1-4-16-34(17-5-1)49-54-50(35-18-6-2-7-19-35)56-51(55-49)37-20-14-23-39(32-37)57-43-26-11-10-24-41(43)42-33-36(30-31-44(42)57)40-25-15-29-47-48(40)53-52-58(38-21-8-3-9-22-38)45-27-12-13-28-46(45)59(47)52/h1-33H. The lowest BCUT2D eigenvalue weighted by atomic mass is 10.0. The summed E-state index contributed by atoms with van der Waals surface area (Å²) in [5.41, 5.74) is 13.6. The van der Waals surface area contributed by atoms with E-state index in [1.807, 2.05) is 60.7 Å². The highest BCUT2D eigenvalue weighted by Crippen LogP contribution is 2.39. The van der Waals surface area contributed by atoms with Crippen molar-refractivity contribution in [2.45, 2.75) is 0 Å². The molecule has 7 nitrogen and oxygen atoms in total. The van der Waals surface area contributed by atoms with Crippen LogP contribution in [0.3, 0.4) is 0 Å². The Morgan fingerprint density at radius 3 is 1.58 bits per heavy atom. The third-order valence-electron chi connectivity index (χ3n) is 11.3. The molecule has 8 aromatic carbocycles. The normalized spacial score (nSPS) is 11.7. The SMILES string of the molecule is c1ccc(-c2nc(-c3ccccc3)nc(-c3cccc(-n4c5ccccc5c5cc(-c6cccc7c6nc6n(-c8ccccc8)c8ccccc8n76)ccc54)c3)n2)cc1. The lowest BCUT2D eigenvalue weighted by Crippen LogP contribution is -2.01. The van der Waals surface area contributed by atoms with Crippen molar-refractivity contribution in [3.63, 3.8) is 0 Å². The number of benzene rings is 8. The van der Waals surface area contributed by atoms with Gasteiger partial charge >= 0.3 is 0 Å². The minimum Gasteiger partial charge on any atom is -0.309 e. The predicted octanol–water partition coefficient (Wildman–Crippen LogP) is 12.4. The van der Waals surface area contributed by atoms with Gasteiger partial charge in [-0.2, -0.15) is 0 Å². The lowest BCUT2D eigenvalue weighted by Gasteiger charge is -2.12. The monoisotopic (exact) mass is 755 g/mol. The zero-order valence-electron chi connectivity index (χ0n) is 31.7. The fraction of sp³-hybridized carbons (Fsp3) is 0. The van der Waals surface area contributed by atoms with Crippen molar-refractivity contribution in [2.24, 2.45) is 0 Å². The van der Waals surface area contributed by atoms with E-state index in [9.17, 15) is 0 Å². The van der Waals surface area contributed by atoms with Gasteiger partial charge in [0, 0.05) is 44.4 Å². The van der Waals surface area contributed by atoms with Crippen molar-refractivity contribution in [1.82, 2.24) is 33.5 Å². The molecule has 0 unspecified atom stereocenters. The second-order valence-electron chi connectivity index (χ2n) is 14.8. The third-order valence-corrected chi connectivity index (χ3v) is 11.3. The first-order valence-corrected chi connectivity index (χ1v) is 19.7. The Morgan fingerprint density at radius 1 is 0.305 bits per heavy atom. The summed E-state index contributed by atoms with van der Waals surface area (Å²) in [7, 11) is 0. The van der Waals surface area contributed by atoms with E-state index < -0.39 is 0 Å². The van der Waals surface area contributed by atoms with Crippen molar-refractivity contribution >= 4 is 49.7 Å². The smallest absolute Gasteiger partial charge is 0.220 e. The average Bonchev–Trinajstić information content (AvgIpc) is 3.96. The van der Waals surface area contributed by atoms with Crippen molar-refractivity contribution in [1.29, 1.82) is 0 Å². The molecule has 0 N–H and O–H groups in total. The van der Waals surface area contributed by atoms with Crippen LogP contribution in [0.5, 0.6) is 0 Å². The zero-order chi connectivity index (χ0) is 38.9. The number of nitrogens with zero attached hydrogens (tertiary/aromatic N) is 7. The van der Waals surface area contributed by atoms with Gasteiger partial charge in [-0.05, 0) is 66.2 Å². The minimum atomic E-state index is 0.621. The van der Waals surface area contributed by atoms with E-state index in [1.54, 1.807) is 0 Å². The maximum atomic E-state index is 5.39. The summed E-state index contributed by atoms with van der Waals surface area (Å²) in [5, 5.41) is 2.35. The van der Waals surface area contributed by atoms with Gasteiger partial charge in [-0.25, -0.2) is 19.9 Å². The van der Waals surface area contributed by atoms with Gasteiger partial charge in [-0.3, -0.25) is 8.97 Å². The Morgan fingerprint density at radius 2 is 0.847 bits per heavy atom. The first-order chi connectivity index (χ1) is 29.3. The molecule has 0 fully saturated rings. The zero-order valence-corrected chi connectivity index (χ0v) is 31.7.